The van der Waals surface area contributed by atoms with E-state index in [2.05, 4.69) is 15.3 Å². The van der Waals surface area contributed by atoms with Crippen LogP contribution in [0.3, 0.4) is 0 Å². The van der Waals surface area contributed by atoms with Gasteiger partial charge in [0.15, 0.2) is 0 Å². The van der Waals surface area contributed by atoms with Crippen molar-refractivity contribution in [1.82, 2.24) is 9.97 Å². The van der Waals surface area contributed by atoms with Crippen molar-refractivity contribution in [2.24, 2.45) is 0 Å². The van der Waals surface area contributed by atoms with E-state index in [9.17, 15) is 4.39 Å². The third kappa shape index (κ3) is 2.87. The molecule has 5 heteroatoms. The second-order valence-electron chi connectivity index (χ2n) is 4.84. The molecule has 1 heterocycles. The molecule has 2 rings (SSSR count). The van der Waals surface area contributed by atoms with Gasteiger partial charge in [0.25, 0.3) is 0 Å². The number of nitrogens with two attached hydrogens (primary N) is 1. The molecule has 0 spiro atoms. The molecular weight excluding hydrogens is 255 g/mol. The first-order valence-electron chi connectivity index (χ1n) is 6.61. The van der Waals surface area contributed by atoms with Gasteiger partial charge in [0.2, 0.25) is 0 Å². The molecule has 0 saturated carbocycles. The number of nitrogen functional groups attached to an aromatic ring is 1. The summed E-state index contributed by atoms with van der Waals surface area (Å²) in [4.78, 5) is 8.19. The highest BCUT2D eigenvalue weighted by atomic mass is 19.1. The van der Waals surface area contributed by atoms with Crippen molar-refractivity contribution >= 4 is 11.6 Å². The predicted molar refractivity (Wildman–Crippen MR) is 79.0 cm³/mol. The van der Waals surface area contributed by atoms with Crippen LogP contribution in [0.5, 0.6) is 0 Å². The molecular formula is C15H19FN4. The lowest BCUT2D eigenvalue weighted by Gasteiger charge is -2.12. The molecule has 0 unspecified atom stereocenters. The number of anilines is 2. The summed E-state index contributed by atoms with van der Waals surface area (Å²) >= 11 is 0. The molecule has 0 atom stereocenters. The fourth-order valence-electron chi connectivity index (χ4n) is 2.25. The smallest absolute Gasteiger partial charge is 0.134 e. The second-order valence-corrected chi connectivity index (χ2v) is 4.84. The van der Waals surface area contributed by atoms with Gasteiger partial charge in [-0.05, 0) is 37.0 Å². The van der Waals surface area contributed by atoms with Gasteiger partial charge in [-0.1, -0.05) is 19.1 Å². The van der Waals surface area contributed by atoms with E-state index in [4.69, 9.17) is 5.73 Å². The average molecular weight is 274 g/mol. The number of aryl methyl sites for hydroxylation is 2. The largest absolute Gasteiger partial charge is 0.383 e. The van der Waals surface area contributed by atoms with Crippen LogP contribution in [0.1, 0.15) is 29.2 Å². The molecule has 0 saturated heterocycles. The third-order valence-electron chi connectivity index (χ3n) is 3.29. The summed E-state index contributed by atoms with van der Waals surface area (Å²) in [6.07, 6.45) is 2.20. The maximum atomic E-state index is 13.6. The Morgan fingerprint density at radius 2 is 1.85 bits per heavy atom. The first-order valence-corrected chi connectivity index (χ1v) is 6.61. The van der Waals surface area contributed by atoms with Crippen LogP contribution in [0.15, 0.2) is 18.5 Å². The number of hydrogen-bond donors (Lipinski definition) is 2. The molecule has 0 aliphatic carbocycles. The quantitative estimate of drug-likeness (QED) is 0.899. The fourth-order valence-corrected chi connectivity index (χ4v) is 2.25. The summed E-state index contributed by atoms with van der Waals surface area (Å²) in [5, 5.41) is 3.24. The zero-order valence-electron chi connectivity index (χ0n) is 12.0. The molecule has 1 aromatic heterocycles. The molecule has 3 N–H and O–H groups in total. The molecule has 0 aliphatic rings. The Bertz CT molecular complexity index is 602. The van der Waals surface area contributed by atoms with E-state index in [1.807, 2.05) is 19.1 Å². The summed E-state index contributed by atoms with van der Waals surface area (Å²) < 4.78 is 13.6. The van der Waals surface area contributed by atoms with Crippen LogP contribution < -0.4 is 11.1 Å². The van der Waals surface area contributed by atoms with Crippen LogP contribution in [0.2, 0.25) is 0 Å². The zero-order valence-corrected chi connectivity index (χ0v) is 12.0. The van der Waals surface area contributed by atoms with E-state index in [-0.39, 0.29) is 5.82 Å². The summed E-state index contributed by atoms with van der Waals surface area (Å²) in [7, 11) is 0. The van der Waals surface area contributed by atoms with Crippen LogP contribution in [-0.4, -0.2) is 9.97 Å². The van der Waals surface area contributed by atoms with Gasteiger partial charge in [0.1, 0.15) is 23.8 Å². The van der Waals surface area contributed by atoms with Crippen molar-refractivity contribution in [1.29, 1.82) is 0 Å². The average Bonchev–Trinajstić information content (AvgIpc) is 2.42. The molecule has 0 bridgehead atoms. The van der Waals surface area contributed by atoms with Crippen LogP contribution in [0.4, 0.5) is 16.0 Å². The van der Waals surface area contributed by atoms with Gasteiger partial charge >= 0.3 is 0 Å². The number of benzene rings is 1. The van der Waals surface area contributed by atoms with Gasteiger partial charge in [0.05, 0.1) is 0 Å². The Morgan fingerprint density at radius 3 is 2.45 bits per heavy atom. The van der Waals surface area contributed by atoms with Gasteiger partial charge in [0, 0.05) is 12.1 Å². The van der Waals surface area contributed by atoms with Crippen molar-refractivity contribution in [2.45, 2.75) is 33.7 Å². The van der Waals surface area contributed by atoms with Crippen molar-refractivity contribution < 1.29 is 4.39 Å². The number of nitrogens with zero attached hydrogens (tertiary/aromatic N) is 2. The van der Waals surface area contributed by atoms with Crippen molar-refractivity contribution in [3.05, 3.63) is 46.5 Å². The minimum absolute atomic E-state index is 0.144. The Morgan fingerprint density at radius 1 is 1.20 bits per heavy atom. The number of rotatable bonds is 4. The van der Waals surface area contributed by atoms with E-state index in [1.165, 1.54) is 6.33 Å². The SMILES string of the molecule is CCc1c(N)ncnc1NCc1cc(C)c(F)c(C)c1. The van der Waals surface area contributed by atoms with Crippen LogP contribution in [0.25, 0.3) is 0 Å². The predicted octanol–water partition coefficient (Wildman–Crippen LogP) is 2.99. The highest BCUT2D eigenvalue weighted by molar-refractivity contribution is 5.55. The lowest BCUT2D eigenvalue weighted by Crippen LogP contribution is -2.08. The van der Waals surface area contributed by atoms with Crippen LogP contribution >= 0.6 is 0 Å². The number of halogens is 1. The summed E-state index contributed by atoms with van der Waals surface area (Å²) in [5.74, 6) is 1.09. The fraction of sp³-hybridized carbons (Fsp3) is 0.333. The molecule has 2 aromatic rings. The Balaban J connectivity index is 2.19. The highest BCUT2D eigenvalue weighted by Crippen LogP contribution is 2.20. The zero-order chi connectivity index (χ0) is 14.7. The lowest BCUT2D eigenvalue weighted by molar-refractivity contribution is 0.608. The lowest BCUT2D eigenvalue weighted by atomic mass is 10.1. The summed E-state index contributed by atoms with van der Waals surface area (Å²) in [5.41, 5.74) is 9.05. The van der Waals surface area contributed by atoms with Gasteiger partial charge in [-0.2, -0.15) is 0 Å². The molecule has 0 aliphatic heterocycles. The van der Waals surface area contributed by atoms with Crippen molar-refractivity contribution in [3.63, 3.8) is 0 Å². The number of nitrogens with one attached hydrogen (secondary N) is 1. The molecule has 20 heavy (non-hydrogen) atoms. The van der Waals surface area contributed by atoms with E-state index in [1.54, 1.807) is 13.8 Å². The maximum absolute atomic E-state index is 13.6. The molecule has 106 valence electrons. The molecule has 0 radical (unpaired) electrons. The van der Waals surface area contributed by atoms with Gasteiger partial charge < -0.3 is 11.1 Å². The molecule has 0 fully saturated rings. The Hall–Kier alpha value is -2.17. The minimum Gasteiger partial charge on any atom is -0.383 e. The molecule has 0 amide bonds. The Kier molecular flexibility index (Phi) is 4.17. The molecule has 1 aromatic carbocycles. The standard InChI is InChI=1S/C15H19FN4/c1-4-12-14(17)19-8-20-15(12)18-7-11-5-9(2)13(16)10(3)6-11/h5-6,8H,4,7H2,1-3H3,(H3,17,18,19,20). The molecule has 4 nitrogen and oxygen atoms in total. The first-order chi connectivity index (χ1) is 9.52. The van der Waals surface area contributed by atoms with E-state index < -0.39 is 0 Å². The van der Waals surface area contributed by atoms with Crippen molar-refractivity contribution in [3.8, 4) is 0 Å². The van der Waals surface area contributed by atoms with Gasteiger partial charge in [-0.3, -0.25) is 0 Å². The second kappa shape index (κ2) is 5.86. The monoisotopic (exact) mass is 274 g/mol. The number of hydrogen-bond acceptors (Lipinski definition) is 4. The maximum Gasteiger partial charge on any atom is 0.134 e. The van der Waals surface area contributed by atoms with Crippen LogP contribution in [-0.2, 0) is 13.0 Å². The number of aromatic nitrogens is 2. The van der Waals surface area contributed by atoms with E-state index >= 15 is 0 Å². The summed E-state index contributed by atoms with van der Waals surface area (Å²) in [6.45, 7) is 6.12. The van der Waals surface area contributed by atoms with E-state index in [0.717, 1.165) is 23.4 Å². The van der Waals surface area contributed by atoms with E-state index in [0.29, 0.717) is 23.5 Å². The normalized spacial score (nSPS) is 10.6. The summed E-state index contributed by atoms with van der Waals surface area (Å²) in [6, 6.07) is 3.68. The van der Waals surface area contributed by atoms with Gasteiger partial charge in [-0.25, -0.2) is 14.4 Å². The minimum atomic E-state index is -0.144. The highest BCUT2D eigenvalue weighted by Gasteiger charge is 2.08. The van der Waals surface area contributed by atoms with Crippen molar-refractivity contribution in [2.75, 3.05) is 11.1 Å². The van der Waals surface area contributed by atoms with Gasteiger partial charge in [-0.15, -0.1) is 0 Å². The van der Waals surface area contributed by atoms with Crippen LogP contribution in [0, 0.1) is 19.7 Å². The third-order valence-corrected chi connectivity index (χ3v) is 3.29. The topological polar surface area (TPSA) is 63.8 Å². The Labute approximate surface area is 118 Å². The first kappa shape index (κ1) is 14.2.